The number of benzene rings is 3. The van der Waals surface area contributed by atoms with Crippen LogP contribution in [0, 0.1) is 6.92 Å². The summed E-state index contributed by atoms with van der Waals surface area (Å²) in [4.78, 5) is 12.4. The molecule has 0 fully saturated rings. The normalized spacial score (nSPS) is 11.1. The zero-order valence-corrected chi connectivity index (χ0v) is 18.8. The number of hydrogen-bond donors (Lipinski definition) is 2. The number of aryl methyl sites for hydroxylation is 1. The van der Waals surface area contributed by atoms with Crippen LogP contribution in [0.15, 0.2) is 77.7 Å². The van der Waals surface area contributed by atoms with E-state index in [0.717, 1.165) is 5.56 Å². The lowest BCUT2D eigenvalue weighted by Crippen LogP contribution is -2.28. The van der Waals surface area contributed by atoms with E-state index in [4.69, 9.17) is 9.47 Å². The van der Waals surface area contributed by atoms with E-state index in [1.54, 1.807) is 37.3 Å². The van der Waals surface area contributed by atoms with E-state index in [1.165, 1.54) is 19.2 Å². The Labute approximate surface area is 188 Å². The number of sulfonamides is 1. The molecular formula is C24H26N2O5S. The summed E-state index contributed by atoms with van der Waals surface area (Å²) in [5.74, 6) is 0.277. The summed E-state index contributed by atoms with van der Waals surface area (Å²) in [7, 11) is -2.33. The maximum Gasteiger partial charge on any atom is 0.261 e. The SMILES string of the molecule is COCCNC(=O)c1cc(S(=O)(=O)Nc2ccc(OCc3ccccc3)cc2)ccc1C. The van der Waals surface area contributed by atoms with Crippen LogP contribution in [0.1, 0.15) is 21.5 Å². The van der Waals surface area contributed by atoms with E-state index in [1.807, 2.05) is 30.3 Å². The van der Waals surface area contributed by atoms with Crippen molar-refractivity contribution in [1.29, 1.82) is 0 Å². The van der Waals surface area contributed by atoms with E-state index in [9.17, 15) is 13.2 Å². The second-order valence-corrected chi connectivity index (χ2v) is 8.81. The third-order valence-electron chi connectivity index (χ3n) is 4.71. The van der Waals surface area contributed by atoms with E-state index in [-0.39, 0.29) is 10.8 Å². The lowest BCUT2D eigenvalue weighted by atomic mass is 10.1. The highest BCUT2D eigenvalue weighted by Crippen LogP contribution is 2.22. The second kappa shape index (κ2) is 10.8. The highest BCUT2D eigenvalue weighted by Gasteiger charge is 2.18. The third kappa shape index (κ3) is 6.32. The fraction of sp³-hybridized carbons (Fsp3) is 0.208. The van der Waals surface area contributed by atoms with Gasteiger partial charge in [0, 0.05) is 24.9 Å². The van der Waals surface area contributed by atoms with E-state index < -0.39 is 10.0 Å². The van der Waals surface area contributed by atoms with Crippen LogP contribution in [0.5, 0.6) is 5.75 Å². The standard InChI is InChI=1S/C24H26N2O5S/c1-18-8-13-22(16-23(18)24(27)25-14-15-30-2)32(28,29)26-20-9-11-21(12-10-20)31-17-19-6-4-3-5-7-19/h3-13,16,26H,14-15,17H2,1-2H3,(H,25,27). The summed E-state index contributed by atoms with van der Waals surface area (Å²) >= 11 is 0. The highest BCUT2D eigenvalue weighted by molar-refractivity contribution is 7.92. The molecule has 0 saturated heterocycles. The first-order chi connectivity index (χ1) is 15.4. The van der Waals surface area contributed by atoms with Gasteiger partial charge in [0.15, 0.2) is 0 Å². The Morgan fingerprint density at radius 1 is 0.969 bits per heavy atom. The van der Waals surface area contributed by atoms with Crippen LogP contribution in [0.25, 0.3) is 0 Å². The van der Waals surface area contributed by atoms with Gasteiger partial charge in [-0.25, -0.2) is 8.42 Å². The molecule has 0 atom stereocenters. The summed E-state index contributed by atoms with van der Waals surface area (Å²) in [5, 5.41) is 2.71. The molecule has 0 saturated carbocycles. The van der Waals surface area contributed by atoms with Crippen molar-refractivity contribution in [2.24, 2.45) is 0 Å². The number of hydrogen-bond acceptors (Lipinski definition) is 5. The first-order valence-corrected chi connectivity index (χ1v) is 11.5. The first kappa shape index (κ1) is 23.3. The van der Waals surface area contributed by atoms with Gasteiger partial charge in [0.1, 0.15) is 12.4 Å². The molecule has 3 aromatic rings. The molecule has 3 rings (SSSR count). The molecule has 0 aliphatic carbocycles. The fourth-order valence-electron chi connectivity index (χ4n) is 2.95. The molecular weight excluding hydrogens is 428 g/mol. The quantitative estimate of drug-likeness (QED) is 0.455. The van der Waals surface area contributed by atoms with Crippen LogP contribution >= 0.6 is 0 Å². The van der Waals surface area contributed by atoms with Gasteiger partial charge in [-0.15, -0.1) is 0 Å². The molecule has 0 heterocycles. The van der Waals surface area contributed by atoms with Crippen LogP contribution in [0.4, 0.5) is 5.69 Å². The van der Waals surface area contributed by atoms with Gasteiger partial charge in [0.25, 0.3) is 15.9 Å². The van der Waals surface area contributed by atoms with Crippen LogP contribution < -0.4 is 14.8 Å². The number of nitrogens with one attached hydrogen (secondary N) is 2. The van der Waals surface area contributed by atoms with E-state index in [2.05, 4.69) is 10.0 Å². The molecule has 7 nitrogen and oxygen atoms in total. The molecule has 0 unspecified atom stereocenters. The second-order valence-electron chi connectivity index (χ2n) is 7.13. The Morgan fingerprint density at radius 2 is 1.69 bits per heavy atom. The van der Waals surface area contributed by atoms with Gasteiger partial charge in [0.05, 0.1) is 11.5 Å². The van der Waals surface area contributed by atoms with Gasteiger partial charge < -0.3 is 14.8 Å². The maximum atomic E-state index is 12.8. The van der Waals surface area contributed by atoms with E-state index >= 15 is 0 Å². The van der Waals surface area contributed by atoms with Crippen LogP contribution in [-0.4, -0.2) is 34.6 Å². The number of ether oxygens (including phenoxy) is 2. The molecule has 0 aliphatic heterocycles. The van der Waals surface area contributed by atoms with Crippen molar-refractivity contribution in [2.75, 3.05) is 25.0 Å². The predicted molar refractivity (Wildman–Crippen MR) is 123 cm³/mol. The van der Waals surface area contributed by atoms with Gasteiger partial charge in [-0.05, 0) is 54.4 Å². The number of amides is 1. The smallest absolute Gasteiger partial charge is 0.261 e. The average Bonchev–Trinajstić information content (AvgIpc) is 2.79. The molecule has 0 aliphatic rings. The predicted octanol–water partition coefficient (Wildman–Crippen LogP) is 3.75. The molecule has 0 spiro atoms. The van der Waals surface area contributed by atoms with Gasteiger partial charge in [-0.2, -0.15) is 0 Å². The summed E-state index contributed by atoms with van der Waals surface area (Å²) in [6, 6.07) is 20.9. The van der Waals surface area contributed by atoms with Crippen molar-refractivity contribution in [2.45, 2.75) is 18.4 Å². The molecule has 0 aromatic heterocycles. The van der Waals surface area contributed by atoms with Crippen molar-refractivity contribution >= 4 is 21.6 Å². The number of methoxy groups -OCH3 is 1. The minimum Gasteiger partial charge on any atom is -0.489 e. The number of rotatable bonds is 10. The Balaban J connectivity index is 1.67. The molecule has 2 N–H and O–H groups in total. The van der Waals surface area contributed by atoms with Crippen molar-refractivity contribution < 1.29 is 22.7 Å². The maximum absolute atomic E-state index is 12.8. The largest absolute Gasteiger partial charge is 0.489 e. The minimum absolute atomic E-state index is 0.00407. The number of carbonyl (C=O) groups is 1. The van der Waals surface area contributed by atoms with Crippen molar-refractivity contribution in [3.8, 4) is 5.75 Å². The molecule has 0 bridgehead atoms. The molecule has 8 heteroatoms. The van der Waals surface area contributed by atoms with Crippen molar-refractivity contribution in [3.63, 3.8) is 0 Å². The van der Waals surface area contributed by atoms with E-state index in [0.29, 0.717) is 42.3 Å². The molecule has 0 radical (unpaired) electrons. The van der Waals surface area contributed by atoms with Gasteiger partial charge in [-0.1, -0.05) is 36.4 Å². The molecule has 3 aromatic carbocycles. The van der Waals surface area contributed by atoms with Crippen LogP contribution in [0.3, 0.4) is 0 Å². The molecule has 1 amide bonds. The third-order valence-corrected chi connectivity index (χ3v) is 6.09. The zero-order chi connectivity index (χ0) is 23.0. The summed E-state index contributed by atoms with van der Waals surface area (Å²) < 4.78 is 38.9. The lowest BCUT2D eigenvalue weighted by molar-refractivity contribution is 0.0936. The monoisotopic (exact) mass is 454 g/mol. The summed E-state index contributed by atoms with van der Waals surface area (Å²) in [6.45, 7) is 2.88. The minimum atomic E-state index is -3.87. The molecule has 32 heavy (non-hydrogen) atoms. The molecule has 168 valence electrons. The lowest BCUT2D eigenvalue weighted by Gasteiger charge is -2.12. The van der Waals surface area contributed by atoms with Gasteiger partial charge >= 0.3 is 0 Å². The zero-order valence-electron chi connectivity index (χ0n) is 18.0. The Kier molecular flexibility index (Phi) is 7.86. The topological polar surface area (TPSA) is 93.7 Å². The van der Waals surface area contributed by atoms with Crippen LogP contribution in [0.2, 0.25) is 0 Å². The van der Waals surface area contributed by atoms with Gasteiger partial charge in [-0.3, -0.25) is 9.52 Å². The van der Waals surface area contributed by atoms with Crippen molar-refractivity contribution in [1.82, 2.24) is 5.32 Å². The fourth-order valence-corrected chi connectivity index (χ4v) is 4.03. The van der Waals surface area contributed by atoms with Crippen molar-refractivity contribution in [3.05, 3.63) is 89.5 Å². The first-order valence-electron chi connectivity index (χ1n) is 10.1. The Hall–Kier alpha value is -3.36. The summed E-state index contributed by atoms with van der Waals surface area (Å²) in [5.41, 5.74) is 2.41. The van der Waals surface area contributed by atoms with Gasteiger partial charge in [0.2, 0.25) is 0 Å². The highest BCUT2D eigenvalue weighted by atomic mass is 32.2. The number of anilines is 1. The average molecular weight is 455 g/mol. The Morgan fingerprint density at radius 3 is 2.38 bits per heavy atom. The Bertz CT molecular complexity index is 1150. The van der Waals surface area contributed by atoms with Crippen LogP contribution in [-0.2, 0) is 21.4 Å². The number of carbonyl (C=O) groups excluding carboxylic acids is 1. The summed E-state index contributed by atoms with van der Waals surface area (Å²) in [6.07, 6.45) is 0.